The van der Waals surface area contributed by atoms with Crippen LogP contribution in [0.15, 0.2) is 48.5 Å². The average Bonchev–Trinajstić information content (AvgIpc) is 2.75. The number of carbonyl (C=O) groups excluding carboxylic acids is 1. The monoisotopic (exact) mass is 395 g/mol. The molecular weight excluding hydrogens is 362 g/mol. The molecule has 29 heavy (non-hydrogen) atoms. The number of methoxy groups -OCH3 is 1. The molecule has 156 valence electrons. The maximum Gasteiger partial charge on any atom is 0.244 e. The van der Waals surface area contributed by atoms with Crippen molar-refractivity contribution in [3.05, 3.63) is 65.2 Å². The zero-order valence-electron chi connectivity index (χ0n) is 17.6. The summed E-state index contributed by atoms with van der Waals surface area (Å²) in [7, 11) is 1.50. The van der Waals surface area contributed by atoms with Crippen molar-refractivity contribution >= 4 is 12.0 Å². The van der Waals surface area contributed by atoms with E-state index in [1.807, 2.05) is 6.08 Å². The highest BCUT2D eigenvalue weighted by atomic mass is 16.5. The molecule has 0 spiro atoms. The van der Waals surface area contributed by atoms with Gasteiger partial charge in [-0.3, -0.25) is 4.79 Å². The molecule has 2 aromatic carbocycles. The van der Waals surface area contributed by atoms with Crippen molar-refractivity contribution in [2.45, 2.75) is 58.4 Å². The number of amides is 1. The number of phenols is 1. The van der Waals surface area contributed by atoms with Crippen LogP contribution in [0.25, 0.3) is 6.08 Å². The molecule has 2 rings (SSSR count). The van der Waals surface area contributed by atoms with Gasteiger partial charge < -0.3 is 15.2 Å². The number of unbranched alkanes of at least 4 members (excludes halogenated alkanes) is 5. The van der Waals surface area contributed by atoms with Crippen LogP contribution in [0.3, 0.4) is 0 Å². The van der Waals surface area contributed by atoms with Gasteiger partial charge in [-0.2, -0.15) is 0 Å². The average molecular weight is 396 g/mol. The van der Waals surface area contributed by atoms with E-state index in [2.05, 4.69) is 36.5 Å². The first-order chi connectivity index (χ1) is 14.1. The molecule has 4 nitrogen and oxygen atoms in total. The van der Waals surface area contributed by atoms with Crippen molar-refractivity contribution in [3.63, 3.8) is 0 Å². The smallest absolute Gasteiger partial charge is 0.244 e. The van der Waals surface area contributed by atoms with Crippen LogP contribution in [0, 0.1) is 0 Å². The van der Waals surface area contributed by atoms with Gasteiger partial charge in [0.2, 0.25) is 5.91 Å². The number of carbonyl (C=O) groups is 1. The number of ether oxygens (including phenoxy) is 1. The van der Waals surface area contributed by atoms with E-state index in [0.29, 0.717) is 12.3 Å². The Labute approximate surface area is 174 Å². The summed E-state index contributed by atoms with van der Waals surface area (Å²) in [5.41, 5.74) is 3.22. The van der Waals surface area contributed by atoms with E-state index in [9.17, 15) is 9.90 Å². The van der Waals surface area contributed by atoms with E-state index < -0.39 is 0 Å². The number of aryl methyl sites for hydroxylation is 1. The minimum Gasteiger partial charge on any atom is -0.504 e. The Morgan fingerprint density at radius 3 is 2.41 bits per heavy atom. The van der Waals surface area contributed by atoms with Crippen LogP contribution >= 0.6 is 0 Å². The van der Waals surface area contributed by atoms with E-state index in [-0.39, 0.29) is 11.7 Å². The zero-order chi connectivity index (χ0) is 20.9. The van der Waals surface area contributed by atoms with Crippen molar-refractivity contribution < 1.29 is 14.6 Å². The van der Waals surface area contributed by atoms with Gasteiger partial charge in [0.05, 0.1) is 7.11 Å². The summed E-state index contributed by atoms with van der Waals surface area (Å²) >= 11 is 0. The second-order valence-electron chi connectivity index (χ2n) is 7.32. The van der Waals surface area contributed by atoms with Crippen molar-refractivity contribution in [3.8, 4) is 11.5 Å². The van der Waals surface area contributed by atoms with Crippen LogP contribution in [-0.2, 0) is 17.8 Å². The van der Waals surface area contributed by atoms with E-state index in [0.717, 1.165) is 17.5 Å². The summed E-state index contributed by atoms with van der Waals surface area (Å²) in [6.07, 6.45) is 12.3. The summed E-state index contributed by atoms with van der Waals surface area (Å²) in [4.78, 5) is 12.0. The van der Waals surface area contributed by atoms with Crippen molar-refractivity contribution in [1.29, 1.82) is 0 Å². The lowest BCUT2D eigenvalue weighted by molar-refractivity contribution is -0.116. The number of hydrogen-bond acceptors (Lipinski definition) is 3. The van der Waals surface area contributed by atoms with Gasteiger partial charge in [-0.15, -0.1) is 0 Å². The predicted octanol–water partition coefficient (Wildman–Crippen LogP) is 5.63. The molecule has 0 atom stereocenters. The van der Waals surface area contributed by atoms with E-state index >= 15 is 0 Å². The molecule has 0 saturated heterocycles. The second-order valence-corrected chi connectivity index (χ2v) is 7.32. The Morgan fingerprint density at radius 1 is 1.00 bits per heavy atom. The van der Waals surface area contributed by atoms with Crippen LogP contribution in [0.1, 0.15) is 62.1 Å². The highest BCUT2D eigenvalue weighted by molar-refractivity contribution is 5.91. The summed E-state index contributed by atoms with van der Waals surface area (Å²) in [5.74, 6) is 0.323. The van der Waals surface area contributed by atoms with Crippen LogP contribution in [0.4, 0.5) is 0 Å². The molecule has 0 aliphatic carbocycles. The molecule has 4 heteroatoms. The summed E-state index contributed by atoms with van der Waals surface area (Å²) in [5, 5.41) is 12.4. The SMILES string of the molecule is CCCCCCCCc1ccc(C=CC(=O)NCc2ccc(O)c(OC)c2)cc1. The Balaban J connectivity index is 1.74. The first-order valence-corrected chi connectivity index (χ1v) is 10.5. The summed E-state index contributed by atoms with van der Waals surface area (Å²) < 4.78 is 5.08. The number of rotatable bonds is 12. The fourth-order valence-corrected chi connectivity index (χ4v) is 3.16. The number of benzene rings is 2. The van der Waals surface area contributed by atoms with Crippen molar-refractivity contribution in [2.24, 2.45) is 0 Å². The lowest BCUT2D eigenvalue weighted by atomic mass is 10.0. The molecular formula is C25H33NO3. The molecule has 0 aliphatic rings. The molecule has 0 unspecified atom stereocenters. The Hall–Kier alpha value is -2.75. The standard InChI is InChI=1S/C25H33NO3/c1-3-4-5-6-7-8-9-20-10-12-21(13-11-20)15-17-25(28)26-19-22-14-16-23(27)24(18-22)29-2/h10-18,27H,3-9,19H2,1-2H3,(H,26,28). The lowest BCUT2D eigenvalue weighted by Gasteiger charge is -2.07. The largest absolute Gasteiger partial charge is 0.504 e. The van der Waals surface area contributed by atoms with Crippen LogP contribution in [-0.4, -0.2) is 18.1 Å². The Kier molecular flexibility index (Phi) is 9.84. The molecule has 0 saturated carbocycles. The van der Waals surface area contributed by atoms with Gasteiger partial charge in [0.15, 0.2) is 11.5 Å². The summed E-state index contributed by atoms with van der Waals surface area (Å²) in [6, 6.07) is 13.4. The maximum atomic E-state index is 12.0. The van der Waals surface area contributed by atoms with Gasteiger partial charge in [0.25, 0.3) is 0 Å². The quantitative estimate of drug-likeness (QED) is 0.361. The lowest BCUT2D eigenvalue weighted by Crippen LogP contribution is -2.20. The van der Waals surface area contributed by atoms with Gasteiger partial charge in [-0.1, -0.05) is 69.4 Å². The fraction of sp³-hybridized carbons (Fsp3) is 0.400. The first kappa shape index (κ1) is 22.5. The van der Waals surface area contributed by atoms with Crippen molar-refractivity contribution in [1.82, 2.24) is 5.32 Å². The third-order valence-electron chi connectivity index (χ3n) is 4.94. The number of hydrogen-bond donors (Lipinski definition) is 2. The van der Waals surface area contributed by atoms with E-state index in [1.165, 1.54) is 51.2 Å². The predicted molar refractivity (Wildman–Crippen MR) is 119 cm³/mol. The number of nitrogens with one attached hydrogen (secondary N) is 1. The molecule has 0 fully saturated rings. The minimum atomic E-state index is -0.159. The van der Waals surface area contributed by atoms with Crippen LogP contribution < -0.4 is 10.1 Å². The van der Waals surface area contributed by atoms with Gasteiger partial charge in [-0.25, -0.2) is 0 Å². The molecule has 0 aliphatic heterocycles. The molecule has 0 aromatic heterocycles. The third-order valence-corrected chi connectivity index (χ3v) is 4.94. The minimum absolute atomic E-state index is 0.0856. The second kappa shape index (κ2) is 12.7. The van der Waals surface area contributed by atoms with Gasteiger partial charge in [0, 0.05) is 12.6 Å². The van der Waals surface area contributed by atoms with Gasteiger partial charge >= 0.3 is 0 Å². The van der Waals surface area contributed by atoms with Crippen LogP contribution in [0.5, 0.6) is 11.5 Å². The molecule has 0 heterocycles. The van der Waals surface area contributed by atoms with E-state index in [1.54, 1.807) is 24.3 Å². The molecule has 0 bridgehead atoms. The molecule has 2 N–H and O–H groups in total. The Morgan fingerprint density at radius 2 is 1.69 bits per heavy atom. The van der Waals surface area contributed by atoms with E-state index in [4.69, 9.17) is 4.74 Å². The topological polar surface area (TPSA) is 58.6 Å². The molecule has 2 aromatic rings. The zero-order valence-corrected chi connectivity index (χ0v) is 17.6. The Bertz CT molecular complexity index is 781. The number of aromatic hydroxyl groups is 1. The van der Waals surface area contributed by atoms with Crippen LogP contribution in [0.2, 0.25) is 0 Å². The molecule has 1 amide bonds. The normalized spacial score (nSPS) is 11.0. The number of phenolic OH excluding ortho intramolecular Hbond substituents is 1. The highest BCUT2D eigenvalue weighted by Gasteiger charge is 2.03. The fourth-order valence-electron chi connectivity index (χ4n) is 3.16. The third kappa shape index (κ3) is 8.43. The maximum absolute atomic E-state index is 12.0. The highest BCUT2D eigenvalue weighted by Crippen LogP contribution is 2.26. The molecule has 0 radical (unpaired) electrons. The first-order valence-electron chi connectivity index (χ1n) is 10.5. The van der Waals surface area contributed by atoms with Crippen molar-refractivity contribution in [2.75, 3.05) is 7.11 Å². The van der Waals surface area contributed by atoms with Gasteiger partial charge in [-0.05, 0) is 47.7 Å². The van der Waals surface area contributed by atoms with Gasteiger partial charge in [0.1, 0.15) is 0 Å². The summed E-state index contributed by atoms with van der Waals surface area (Å²) in [6.45, 7) is 2.61.